The van der Waals surface area contributed by atoms with Crippen molar-refractivity contribution in [3.05, 3.63) is 72.1 Å². The Labute approximate surface area is 141 Å². The number of amides is 2. The number of pyridine rings is 1. The first kappa shape index (κ1) is 18.2. The lowest BCUT2D eigenvalue weighted by atomic mass is 10.1. The van der Waals surface area contributed by atoms with Crippen LogP contribution >= 0.6 is 0 Å². The maximum atomic E-state index is 13.0. The average molecular weight is 349 g/mol. The summed E-state index contributed by atoms with van der Waals surface area (Å²) in [6.07, 6.45) is -1.90. The van der Waals surface area contributed by atoms with Crippen molar-refractivity contribution in [1.82, 2.24) is 10.3 Å². The van der Waals surface area contributed by atoms with Crippen molar-refractivity contribution in [1.29, 1.82) is 0 Å². The Morgan fingerprint density at radius 2 is 1.88 bits per heavy atom. The second kappa shape index (κ2) is 7.61. The van der Waals surface area contributed by atoms with Gasteiger partial charge >= 0.3 is 6.18 Å². The van der Waals surface area contributed by atoms with Crippen molar-refractivity contribution < 1.29 is 22.8 Å². The van der Waals surface area contributed by atoms with E-state index in [0.717, 1.165) is 12.1 Å². The van der Waals surface area contributed by atoms with Gasteiger partial charge < -0.3 is 10.6 Å². The van der Waals surface area contributed by atoms with E-state index in [-0.39, 0.29) is 23.5 Å². The molecule has 0 radical (unpaired) electrons. The van der Waals surface area contributed by atoms with Crippen LogP contribution in [0, 0.1) is 0 Å². The molecule has 1 aromatic carbocycles. The van der Waals surface area contributed by atoms with E-state index in [1.54, 1.807) is 0 Å². The molecule has 25 heavy (non-hydrogen) atoms. The van der Waals surface area contributed by atoms with Gasteiger partial charge in [-0.05, 0) is 24.3 Å². The van der Waals surface area contributed by atoms with Crippen LogP contribution in [0.15, 0.2) is 55.3 Å². The van der Waals surface area contributed by atoms with Crippen LogP contribution in [0.25, 0.3) is 0 Å². The van der Waals surface area contributed by atoms with E-state index in [4.69, 9.17) is 0 Å². The molecule has 1 aromatic heterocycles. The number of carbonyl (C=O) groups is 2. The lowest BCUT2D eigenvalue weighted by Crippen LogP contribution is -2.25. The molecule has 0 spiro atoms. The zero-order valence-corrected chi connectivity index (χ0v) is 12.9. The highest BCUT2D eigenvalue weighted by Gasteiger charge is 2.33. The number of aromatic nitrogens is 1. The number of anilines is 1. The number of hydrogen-bond acceptors (Lipinski definition) is 3. The number of nitrogens with zero attached hydrogens (tertiary/aromatic N) is 1. The Kier molecular flexibility index (Phi) is 5.53. The first-order valence-corrected chi connectivity index (χ1v) is 7.15. The fourth-order valence-electron chi connectivity index (χ4n) is 1.99. The molecule has 2 N–H and O–H groups in total. The Morgan fingerprint density at radius 3 is 2.56 bits per heavy atom. The SMILES string of the molecule is C=CCNC(=O)c1cc(C(=O)Nc2ccccc2C(F)(F)F)ccn1. The molecule has 0 bridgehead atoms. The number of nitrogens with one attached hydrogen (secondary N) is 2. The van der Waals surface area contributed by atoms with E-state index in [1.165, 1.54) is 36.5 Å². The van der Waals surface area contributed by atoms with Crippen LogP contribution in [0.2, 0.25) is 0 Å². The van der Waals surface area contributed by atoms with Gasteiger partial charge in [-0.3, -0.25) is 14.6 Å². The van der Waals surface area contributed by atoms with E-state index >= 15 is 0 Å². The number of alkyl halides is 3. The van der Waals surface area contributed by atoms with Gasteiger partial charge in [-0.25, -0.2) is 0 Å². The molecule has 0 saturated carbocycles. The molecule has 0 aliphatic carbocycles. The van der Waals surface area contributed by atoms with E-state index < -0.39 is 23.6 Å². The van der Waals surface area contributed by atoms with Crippen molar-refractivity contribution in [2.75, 3.05) is 11.9 Å². The van der Waals surface area contributed by atoms with Gasteiger partial charge in [0.15, 0.2) is 0 Å². The van der Waals surface area contributed by atoms with E-state index in [1.807, 2.05) is 0 Å². The minimum Gasteiger partial charge on any atom is -0.347 e. The molecule has 2 aromatic rings. The summed E-state index contributed by atoms with van der Waals surface area (Å²) in [5.41, 5.74) is -1.34. The summed E-state index contributed by atoms with van der Waals surface area (Å²) in [5.74, 6) is -1.30. The van der Waals surface area contributed by atoms with Crippen molar-refractivity contribution in [3.8, 4) is 0 Å². The van der Waals surface area contributed by atoms with Crippen LogP contribution in [0.1, 0.15) is 26.4 Å². The number of carbonyl (C=O) groups excluding carboxylic acids is 2. The Morgan fingerprint density at radius 1 is 1.16 bits per heavy atom. The third-order valence-electron chi connectivity index (χ3n) is 3.14. The highest BCUT2D eigenvalue weighted by molar-refractivity contribution is 6.06. The molecule has 130 valence electrons. The second-order valence-electron chi connectivity index (χ2n) is 4.93. The van der Waals surface area contributed by atoms with Gasteiger partial charge in [0.2, 0.25) is 0 Å². The van der Waals surface area contributed by atoms with Crippen LogP contribution in [-0.2, 0) is 6.18 Å². The van der Waals surface area contributed by atoms with E-state index in [2.05, 4.69) is 22.2 Å². The monoisotopic (exact) mass is 349 g/mol. The number of hydrogen-bond donors (Lipinski definition) is 2. The van der Waals surface area contributed by atoms with Gasteiger partial charge in [-0.15, -0.1) is 6.58 Å². The highest BCUT2D eigenvalue weighted by Crippen LogP contribution is 2.34. The maximum absolute atomic E-state index is 13.0. The van der Waals surface area contributed by atoms with Gasteiger partial charge in [0, 0.05) is 18.3 Å². The second-order valence-corrected chi connectivity index (χ2v) is 4.93. The van der Waals surface area contributed by atoms with Crippen molar-refractivity contribution in [2.24, 2.45) is 0 Å². The standard InChI is InChI=1S/C17H14F3N3O2/c1-2-8-22-16(25)14-10-11(7-9-21-14)15(24)23-13-6-4-3-5-12(13)17(18,19)20/h2-7,9-10H,1,8H2,(H,22,25)(H,23,24). The van der Waals surface area contributed by atoms with Crippen LogP contribution in [0.3, 0.4) is 0 Å². The van der Waals surface area contributed by atoms with Gasteiger partial charge in [-0.1, -0.05) is 18.2 Å². The maximum Gasteiger partial charge on any atom is 0.418 e. The van der Waals surface area contributed by atoms with Gasteiger partial charge in [0.1, 0.15) is 5.69 Å². The third kappa shape index (κ3) is 4.66. The first-order chi connectivity index (χ1) is 11.8. The first-order valence-electron chi connectivity index (χ1n) is 7.15. The van der Waals surface area contributed by atoms with Gasteiger partial charge in [0.25, 0.3) is 11.8 Å². The molecular formula is C17H14F3N3O2. The summed E-state index contributed by atoms with van der Waals surface area (Å²) in [6, 6.07) is 7.13. The molecule has 0 unspecified atom stereocenters. The molecular weight excluding hydrogens is 335 g/mol. The predicted molar refractivity (Wildman–Crippen MR) is 86.2 cm³/mol. The summed E-state index contributed by atoms with van der Waals surface area (Å²) in [7, 11) is 0. The average Bonchev–Trinajstić information content (AvgIpc) is 2.59. The van der Waals surface area contributed by atoms with E-state index in [9.17, 15) is 22.8 Å². The molecule has 0 fully saturated rings. The fraction of sp³-hybridized carbons (Fsp3) is 0.118. The number of para-hydroxylation sites is 1. The topological polar surface area (TPSA) is 71.1 Å². The van der Waals surface area contributed by atoms with Gasteiger partial charge in [0.05, 0.1) is 11.3 Å². The van der Waals surface area contributed by atoms with Crippen molar-refractivity contribution in [2.45, 2.75) is 6.18 Å². The third-order valence-corrected chi connectivity index (χ3v) is 3.14. The zero-order chi connectivity index (χ0) is 18.4. The number of benzene rings is 1. The Hall–Kier alpha value is -3.16. The molecule has 8 heteroatoms. The van der Waals surface area contributed by atoms with Crippen LogP contribution < -0.4 is 10.6 Å². The molecule has 2 amide bonds. The lowest BCUT2D eigenvalue weighted by molar-refractivity contribution is -0.136. The van der Waals surface area contributed by atoms with Crippen LogP contribution in [0.4, 0.5) is 18.9 Å². The summed E-state index contributed by atoms with van der Waals surface area (Å²) in [5, 5.41) is 4.70. The Balaban J connectivity index is 2.23. The van der Waals surface area contributed by atoms with Gasteiger partial charge in [-0.2, -0.15) is 13.2 Å². The van der Waals surface area contributed by atoms with Crippen molar-refractivity contribution in [3.63, 3.8) is 0 Å². The molecule has 0 aliphatic heterocycles. The largest absolute Gasteiger partial charge is 0.418 e. The lowest BCUT2D eigenvalue weighted by Gasteiger charge is -2.13. The summed E-state index contributed by atoms with van der Waals surface area (Å²) in [4.78, 5) is 27.9. The smallest absolute Gasteiger partial charge is 0.347 e. The van der Waals surface area contributed by atoms with E-state index in [0.29, 0.717) is 0 Å². The predicted octanol–water partition coefficient (Wildman–Crippen LogP) is 3.27. The molecule has 2 rings (SSSR count). The highest BCUT2D eigenvalue weighted by atomic mass is 19.4. The minimum absolute atomic E-state index is 0.00994. The van der Waals surface area contributed by atoms with Crippen LogP contribution in [-0.4, -0.2) is 23.3 Å². The molecule has 0 saturated heterocycles. The normalized spacial score (nSPS) is 10.8. The summed E-state index contributed by atoms with van der Waals surface area (Å²) < 4.78 is 38.9. The summed E-state index contributed by atoms with van der Waals surface area (Å²) >= 11 is 0. The minimum atomic E-state index is -4.60. The quantitative estimate of drug-likeness (QED) is 0.814. The molecule has 0 aliphatic rings. The molecule has 5 nitrogen and oxygen atoms in total. The zero-order valence-electron chi connectivity index (χ0n) is 12.9. The number of rotatable bonds is 5. The van der Waals surface area contributed by atoms with Crippen molar-refractivity contribution >= 4 is 17.5 Å². The molecule has 1 heterocycles. The summed E-state index contributed by atoms with van der Waals surface area (Å²) in [6.45, 7) is 3.67. The Bertz CT molecular complexity index is 804. The molecule has 0 atom stereocenters. The fourth-order valence-corrected chi connectivity index (χ4v) is 1.99. The number of halogens is 3. The van der Waals surface area contributed by atoms with Crippen LogP contribution in [0.5, 0.6) is 0 Å².